The van der Waals surface area contributed by atoms with Crippen LogP contribution >= 0.6 is 0 Å². The van der Waals surface area contributed by atoms with Crippen LogP contribution in [0.25, 0.3) is 17.4 Å². The number of hydrogen-bond donors (Lipinski definition) is 1. The summed E-state index contributed by atoms with van der Waals surface area (Å²) in [4.78, 5) is 24.0. The number of nitrogens with zero attached hydrogens (tertiary/aromatic N) is 1. The van der Waals surface area contributed by atoms with Crippen molar-refractivity contribution < 1.29 is 23.1 Å². The van der Waals surface area contributed by atoms with Gasteiger partial charge >= 0.3 is 5.97 Å². The molecule has 0 atom stereocenters. The summed E-state index contributed by atoms with van der Waals surface area (Å²) in [6.07, 6.45) is 1.31. The number of nitrogens with one attached hydrogen (secondary N) is 1. The molecule has 1 N–H and O–H groups in total. The van der Waals surface area contributed by atoms with Crippen molar-refractivity contribution >= 4 is 23.6 Å². The Morgan fingerprint density at radius 3 is 2.43 bits per heavy atom. The van der Waals surface area contributed by atoms with Crippen molar-refractivity contribution in [2.24, 2.45) is 0 Å². The summed E-state index contributed by atoms with van der Waals surface area (Å²) in [5.74, 6) is -0.653. The summed E-state index contributed by atoms with van der Waals surface area (Å²) in [6, 6.07) is 17.0. The standard InChI is InChI=1S/C23H17FN2O4/c1-2-29-23(28)16-5-3-15(4-6-16)21-12-11-20(30-21)13-17(14-25)22(27)26-19-9-7-18(24)8-10-19/h3-13H,2H2,1H3,(H,26,27). The highest BCUT2D eigenvalue weighted by molar-refractivity contribution is 6.09. The third-order valence-electron chi connectivity index (χ3n) is 4.06. The van der Waals surface area contributed by atoms with Crippen molar-refractivity contribution in [1.29, 1.82) is 5.26 Å². The Kier molecular flexibility index (Phi) is 6.40. The van der Waals surface area contributed by atoms with E-state index in [1.54, 1.807) is 43.3 Å². The number of carbonyl (C=O) groups excluding carboxylic acids is 2. The number of ether oxygens (including phenoxy) is 1. The minimum Gasteiger partial charge on any atom is -0.462 e. The number of nitriles is 1. The molecule has 0 radical (unpaired) electrons. The first-order chi connectivity index (χ1) is 14.5. The molecule has 2 aromatic carbocycles. The van der Waals surface area contributed by atoms with Gasteiger partial charge in [0.05, 0.1) is 12.2 Å². The Morgan fingerprint density at radius 2 is 1.80 bits per heavy atom. The summed E-state index contributed by atoms with van der Waals surface area (Å²) in [6.45, 7) is 2.03. The molecule has 0 spiro atoms. The van der Waals surface area contributed by atoms with Crippen molar-refractivity contribution in [2.45, 2.75) is 6.92 Å². The SMILES string of the molecule is CCOC(=O)c1ccc(-c2ccc(C=C(C#N)C(=O)Nc3ccc(F)cc3)o2)cc1. The topological polar surface area (TPSA) is 92.3 Å². The van der Waals surface area contributed by atoms with Gasteiger partial charge in [0.15, 0.2) is 0 Å². The summed E-state index contributed by atoms with van der Waals surface area (Å²) < 4.78 is 23.6. The average Bonchev–Trinajstić information content (AvgIpc) is 3.22. The molecule has 0 aliphatic heterocycles. The molecule has 7 heteroatoms. The second kappa shape index (κ2) is 9.34. The quantitative estimate of drug-likeness (QED) is 0.362. The molecule has 3 rings (SSSR count). The molecule has 0 saturated carbocycles. The molecule has 0 saturated heterocycles. The largest absolute Gasteiger partial charge is 0.462 e. The van der Waals surface area contributed by atoms with Crippen LogP contribution in [0.2, 0.25) is 0 Å². The van der Waals surface area contributed by atoms with E-state index in [-0.39, 0.29) is 5.57 Å². The van der Waals surface area contributed by atoms with Gasteiger partial charge < -0.3 is 14.5 Å². The fourth-order valence-corrected chi connectivity index (χ4v) is 2.59. The number of carbonyl (C=O) groups is 2. The van der Waals surface area contributed by atoms with Crippen molar-refractivity contribution in [1.82, 2.24) is 0 Å². The van der Waals surface area contributed by atoms with E-state index in [1.807, 2.05) is 6.07 Å². The number of esters is 1. The highest BCUT2D eigenvalue weighted by Crippen LogP contribution is 2.24. The third-order valence-corrected chi connectivity index (χ3v) is 4.06. The molecule has 1 aromatic heterocycles. The van der Waals surface area contributed by atoms with Gasteiger partial charge in [0.25, 0.3) is 5.91 Å². The molecule has 0 bridgehead atoms. The molecule has 0 unspecified atom stereocenters. The smallest absolute Gasteiger partial charge is 0.338 e. The van der Waals surface area contributed by atoms with Crippen molar-refractivity contribution in [3.05, 3.63) is 83.4 Å². The molecule has 3 aromatic rings. The molecular formula is C23H17FN2O4. The van der Waals surface area contributed by atoms with Gasteiger partial charge in [0.1, 0.15) is 29.0 Å². The summed E-state index contributed by atoms with van der Waals surface area (Å²) in [5.41, 5.74) is 1.34. The van der Waals surface area contributed by atoms with Gasteiger partial charge in [-0.15, -0.1) is 0 Å². The van der Waals surface area contributed by atoms with E-state index >= 15 is 0 Å². The van der Waals surface area contributed by atoms with Crippen LogP contribution in [0.5, 0.6) is 0 Å². The predicted octanol–water partition coefficient (Wildman–Crippen LogP) is 4.81. The van der Waals surface area contributed by atoms with Gasteiger partial charge in [-0.3, -0.25) is 4.79 Å². The molecular weight excluding hydrogens is 387 g/mol. The fraction of sp³-hybridized carbons (Fsp3) is 0.0870. The van der Waals surface area contributed by atoms with Gasteiger partial charge in [-0.1, -0.05) is 12.1 Å². The molecule has 150 valence electrons. The first kappa shape index (κ1) is 20.6. The summed E-state index contributed by atoms with van der Waals surface area (Å²) in [5, 5.41) is 11.8. The molecule has 0 aliphatic rings. The van der Waals surface area contributed by atoms with Gasteiger partial charge in [-0.05, 0) is 55.5 Å². The highest BCUT2D eigenvalue weighted by Gasteiger charge is 2.12. The van der Waals surface area contributed by atoms with Gasteiger partial charge in [-0.25, -0.2) is 9.18 Å². The molecule has 1 amide bonds. The first-order valence-electron chi connectivity index (χ1n) is 9.06. The minimum absolute atomic E-state index is 0.169. The summed E-state index contributed by atoms with van der Waals surface area (Å²) in [7, 11) is 0. The van der Waals surface area contributed by atoms with Gasteiger partial charge in [-0.2, -0.15) is 5.26 Å². The van der Waals surface area contributed by atoms with Gasteiger partial charge in [0.2, 0.25) is 0 Å². The zero-order valence-electron chi connectivity index (χ0n) is 16.0. The van der Waals surface area contributed by atoms with Crippen LogP contribution in [-0.4, -0.2) is 18.5 Å². The van der Waals surface area contributed by atoms with Crippen molar-refractivity contribution in [3.8, 4) is 17.4 Å². The molecule has 1 heterocycles. The van der Waals surface area contributed by atoms with Crippen LogP contribution < -0.4 is 5.32 Å². The second-order valence-corrected chi connectivity index (χ2v) is 6.13. The maximum atomic E-state index is 13.0. The van der Waals surface area contributed by atoms with Gasteiger partial charge in [0, 0.05) is 17.3 Å². The number of rotatable bonds is 6. The Bertz CT molecular complexity index is 1120. The fourth-order valence-electron chi connectivity index (χ4n) is 2.59. The molecule has 30 heavy (non-hydrogen) atoms. The predicted molar refractivity (Wildman–Crippen MR) is 109 cm³/mol. The summed E-state index contributed by atoms with van der Waals surface area (Å²) >= 11 is 0. The van der Waals surface area contributed by atoms with Crippen LogP contribution in [0.3, 0.4) is 0 Å². The van der Waals surface area contributed by atoms with E-state index in [1.165, 1.54) is 30.3 Å². The van der Waals surface area contributed by atoms with E-state index in [9.17, 15) is 19.2 Å². The maximum Gasteiger partial charge on any atom is 0.338 e. The van der Waals surface area contributed by atoms with Crippen LogP contribution in [0.4, 0.5) is 10.1 Å². The normalized spacial score (nSPS) is 10.9. The second-order valence-electron chi connectivity index (χ2n) is 6.13. The van der Waals surface area contributed by atoms with E-state index in [0.29, 0.717) is 29.4 Å². The molecule has 6 nitrogen and oxygen atoms in total. The molecule has 0 fully saturated rings. The van der Waals surface area contributed by atoms with Crippen molar-refractivity contribution in [2.75, 3.05) is 11.9 Å². The number of furan rings is 1. The lowest BCUT2D eigenvalue weighted by Gasteiger charge is -2.03. The lowest BCUT2D eigenvalue weighted by Crippen LogP contribution is -2.13. The zero-order chi connectivity index (χ0) is 21.5. The van der Waals surface area contributed by atoms with E-state index < -0.39 is 17.7 Å². The van der Waals surface area contributed by atoms with Crippen LogP contribution in [0.1, 0.15) is 23.0 Å². The Labute approximate surface area is 172 Å². The highest BCUT2D eigenvalue weighted by atomic mass is 19.1. The van der Waals surface area contributed by atoms with Crippen LogP contribution in [0.15, 0.2) is 70.7 Å². The maximum absolute atomic E-state index is 13.0. The van der Waals surface area contributed by atoms with Crippen LogP contribution in [-0.2, 0) is 9.53 Å². The zero-order valence-corrected chi connectivity index (χ0v) is 16.0. The number of benzene rings is 2. The average molecular weight is 404 g/mol. The Hall–Kier alpha value is -4.18. The first-order valence-corrected chi connectivity index (χ1v) is 9.06. The number of amides is 1. The third kappa shape index (κ3) is 5.00. The number of hydrogen-bond acceptors (Lipinski definition) is 5. The lowest BCUT2D eigenvalue weighted by atomic mass is 10.1. The van der Waals surface area contributed by atoms with E-state index in [0.717, 1.165) is 5.56 Å². The minimum atomic E-state index is -0.638. The van der Waals surface area contributed by atoms with E-state index in [2.05, 4.69) is 5.32 Å². The van der Waals surface area contributed by atoms with Crippen molar-refractivity contribution in [3.63, 3.8) is 0 Å². The number of halogens is 1. The monoisotopic (exact) mass is 404 g/mol. The number of anilines is 1. The molecule has 0 aliphatic carbocycles. The van der Waals surface area contributed by atoms with E-state index in [4.69, 9.17) is 9.15 Å². The Morgan fingerprint density at radius 1 is 1.10 bits per heavy atom. The van der Waals surface area contributed by atoms with Crippen LogP contribution in [0, 0.1) is 17.1 Å². The Balaban J connectivity index is 1.74. The lowest BCUT2D eigenvalue weighted by molar-refractivity contribution is -0.112.